The molecule has 1 aliphatic carbocycles. The summed E-state index contributed by atoms with van der Waals surface area (Å²) in [4.78, 5) is 27.1. The highest BCUT2D eigenvalue weighted by molar-refractivity contribution is 5.80. The van der Waals surface area contributed by atoms with Crippen molar-refractivity contribution in [3.8, 4) is 0 Å². The summed E-state index contributed by atoms with van der Waals surface area (Å²) in [5.41, 5.74) is 0. The maximum atomic E-state index is 12.8. The Balaban J connectivity index is 2.84. The first-order chi connectivity index (χ1) is 9.92. The molecule has 1 aliphatic rings. The molecule has 0 aromatic carbocycles. The second-order valence-corrected chi connectivity index (χ2v) is 5.83. The molecule has 0 spiro atoms. The van der Waals surface area contributed by atoms with Gasteiger partial charge in [-0.2, -0.15) is 0 Å². The van der Waals surface area contributed by atoms with E-state index in [9.17, 15) is 9.59 Å². The molecule has 1 rings (SSSR count). The topological polar surface area (TPSA) is 70.1 Å². The van der Waals surface area contributed by atoms with E-state index >= 15 is 0 Å². The zero-order valence-corrected chi connectivity index (χ0v) is 13.5. The second-order valence-electron chi connectivity index (χ2n) is 5.83. The SMILES string of the molecule is CCC(C)N(CC(=O)O)C(=O)N(CCOC)C(C)C1CC1. The van der Waals surface area contributed by atoms with Gasteiger partial charge in [-0.25, -0.2) is 4.79 Å². The van der Waals surface area contributed by atoms with E-state index in [1.807, 2.05) is 20.8 Å². The van der Waals surface area contributed by atoms with E-state index in [4.69, 9.17) is 9.84 Å². The fourth-order valence-corrected chi connectivity index (χ4v) is 2.44. The van der Waals surface area contributed by atoms with Crippen molar-refractivity contribution >= 4 is 12.0 Å². The third-order valence-corrected chi connectivity index (χ3v) is 4.25. The van der Waals surface area contributed by atoms with Gasteiger partial charge in [-0.05, 0) is 39.0 Å². The van der Waals surface area contributed by atoms with Crippen LogP contribution >= 0.6 is 0 Å². The lowest BCUT2D eigenvalue weighted by Crippen LogP contribution is -2.53. The highest BCUT2D eigenvalue weighted by Gasteiger charge is 2.36. The highest BCUT2D eigenvalue weighted by Crippen LogP contribution is 2.35. The van der Waals surface area contributed by atoms with E-state index in [-0.39, 0.29) is 24.7 Å². The first-order valence-corrected chi connectivity index (χ1v) is 7.70. The van der Waals surface area contributed by atoms with Gasteiger partial charge in [-0.1, -0.05) is 6.92 Å². The third kappa shape index (κ3) is 5.19. The van der Waals surface area contributed by atoms with Gasteiger partial charge in [0.2, 0.25) is 0 Å². The van der Waals surface area contributed by atoms with Crippen LogP contribution in [0.15, 0.2) is 0 Å². The van der Waals surface area contributed by atoms with E-state index < -0.39 is 5.97 Å². The number of ether oxygens (including phenoxy) is 1. The molecule has 1 N–H and O–H groups in total. The molecular formula is C15H28N2O4. The van der Waals surface area contributed by atoms with Crippen LogP contribution in [-0.2, 0) is 9.53 Å². The lowest BCUT2D eigenvalue weighted by atomic mass is 10.1. The van der Waals surface area contributed by atoms with Crippen LogP contribution < -0.4 is 0 Å². The molecule has 0 bridgehead atoms. The van der Waals surface area contributed by atoms with Gasteiger partial charge >= 0.3 is 12.0 Å². The van der Waals surface area contributed by atoms with Gasteiger partial charge < -0.3 is 19.6 Å². The number of rotatable bonds is 9. The predicted octanol–water partition coefficient (Wildman–Crippen LogP) is 2.04. The van der Waals surface area contributed by atoms with Crippen molar-refractivity contribution in [1.82, 2.24) is 9.80 Å². The van der Waals surface area contributed by atoms with E-state index in [0.717, 1.165) is 19.3 Å². The van der Waals surface area contributed by atoms with Crippen molar-refractivity contribution in [2.24, 2.45) is 5.92 Å². The maximum Gasteiger partial charge on any atom is 0.323 e. The standard InChI is InChI=1S/C15H28N2O4/c1-5-11(2)17(10-14(18)19)15(20)16(8-9-21-4)12(3)13-6-7-13/h11-13H,5-10H2,1-4H3,(H,18,19). The van der Waals surface area contributed by atoms with E-state index in [1.165, 1.54) is 4.90 Å². The maximum absolute atomic E-state index is 12.8. The number of methoxy groups -OCH3 is 1. The fraction of sp³-hybridized carbons (Fsp3) is 0.867. The molecule has 2 atom stereocenters. The second kappa shape index (κ2) is 8.22. The van der Waals surface area contributed by atoms with Crippen LogP contribution in [0, 0.1) is 5.92 Å². The van der Waals surface area contributed by atoms with Crippen LogP contribution in [0.4, 0.5) is 4.79 Å². The van der Waals surface area contributed by atoms with Gasteiger partial charge in [-0.15, -0.1) is 0 Å². The predicted molar refractivity (Wildman–Crippen MR) is 80.3 cm³/mol. The van der Waals surface area contributed by atoms with Crippen molar-refractivity contribution in [1.29, 1.82) is 0 Å². The minimum absolute atomic E-state index is 0.0925. The zero-order valence-electron chi connectivity index (χ0n) is 13.5. The number of nitrogens with zero attached hydrogens (tertiary/aromatic N) is 2. The summed E-state index contributed by atoms with van der Waals surface area (Å²) >= 11 is 0. The van der Waals surface area contributed by atoms with Gasteiger partial charge in [0.1, 0.15) is 6.54 Å². The summed E-state index contributed by atoms with van der Waals surface area (Å²) in [6.45, 7) is 6.59. The lowest BCUT2D eigenvalue weighted by molar-refractivity contribution is -0.138. The average molecular weight is 300 g/mol. The molecule has 2 amide bonds. The minimum Gasteiger partial charge on any atom is -0.480 e. The smallest absolute Gasteiger partial charge is 0.323 e. The molecule has 1 saturated carbocycles. The molecule has 6 heteroatoms. The Morgan fingerprint density at radius 3 is 2.33 bits per heavy atom. The largest absolute Gasteiger partial charge is 0.480 e. The molecule has 0 aromatic rings. The average Bonchev–Trinajstić information content (AvgIpc) is 3.28. The molecule has 0 aliphatic heterocycles. The van der Waals surface area contributed by atoms with E-state index in [2.05, 4.69) is 0 Å². The first kappa shape index (κ1) is 17.8. The molecule has 0 radical (unpaired) electrons. The van der Waals surface area contributed by atoms with E-state index in [0.29, 0.717) is 19.1 Å². The normalized spacial score (nSPS) is 17.1. The summed E-state index contributed by atoms with van der Waals surface area (Å²) in [6.07, 6.45) is 3.01. The number of aliphatic carboxylic acids is 1. The number of hydrogen-bond acceptors (Lipinski definition) is 3. The number of hydrogen-bond donors (Lipinski definition) is 1. The fourth-order valence-electron chi connectivity index (χ4n) is 2.44. The lowest BCUT2D eigenvalue weighted by Gasteiger charge is -2.36. The molecule has 122 valence electrons. The zero-order chi connectivity index (χ0) is 16.0. The monoisotopic (exact) mass is 300 g/mol. The summed E-state index contributed by atoms with van der Waals surface area (Å²) in [5, 5.41) is 9.06. The summed E-state index contributed by atoms with van der Waals surface area (Å²) in [5.74, 6) is -0.441. The van der Waals surface area contributed by atoms with Crippen molar-refractivity contribution in [2.75, 3.05) is 26.8 Å². The Morgan fingerprint density at radius 2 is 1.90 bits per heavy atom. The molecular weight excluding hydrogens is 272 g/mol. The van der Waals surface area contributed by atoms with Gasteiger partial charge in [0.05, 0.1) is 6.61 Å². The summed E-state index contributed by atoms with van der Waals surface area (Å²) < 4.78 is 5.09. The number of carbonyl (C=O) groups excluding carboxylic acids is 1. The quantitative estimate of drug-likeness (QED) is 0.707. The van der Waals surface area contributed by atoms with Crippen molar-refractivity contribution in [3.05, 3.63) is 0 Å². The van der Waals surface area contributed by atoms with Gasteiger partial charge in [0.15, 0.2) is 0 Å². The Kier molecular flexibility index (Phi) is 6.95. The third-order valence-electron chi connectivity index (χ3n) is 4.25. The van der Waals surface area contributed by atoms with Crippen molar-refractivity contribution in [2.45, 2.75) is 52.1 Å². The van der Waals surface area contributed by atoms with E-state index in [1.54, 1.807) is 12.0 Å². The molecule has 0 heterocycles. The van der Waals surface area contributed by atoms with Crippen LogP contribution in [0.1, 0.15) is 40.0 Å². The number of urea groups is 1. The number of carboxylic acids is 1. The number of amides is 2. The highest BCUT2D eigenvalue weighted by atomic mass is 16.5. The van der Waals surface area contributed by atoms with Crippen LogP contribution in [0.25, 0.3) is 0 Å². The summed E-state index contributed by atoms with van der Waals surface area (Å²) in [7, 11) is 1.61. The number of carbonyl (C=O) groups is 2. The van der Waals surface area contributed by atoms with Gasteiger partial charge in [0, 0.05) is 25.7 Å². The Labute approximate surface area is 127 Å². The van der Waals surface area contributed by atoms with Gasteiger partial charge in [0.25, 0.3) is 0 Å². The Hall–Kier alpha value is -1.30. The molecule has 0 aromatic heterocycles. The molecule has 2 unspecified atom stereocenters. The number of carboxylic acid groups (broad SMARTS) is 1. The molecule has 21 heavy (non-hydrogen) atoms. The molecule has 0 saturated heterocycles. The molecule has 6 nitrogen and oxygen atoms in total. The first-order valence-electron chi connectivity index (χ1n) is 7.70. The van der Waals surface area contributed by atoms with Gasteiger partial charge in [-0.3, -0.25) is 4.79 Å². The minimum atomic E-state index is -0.977. The van der Waals surface area contributed by atoms with Crippen LogP contribution in [0.5, 0.6) is 0 Å². The van der Waals surface area contributed by atoms with Crippen molar-refractivity contribution < 1.29 is 19.4 Å². The molecule has 1 fully saturated rings. The van der Waals surface area contributed by atoms with Crippen molar-refractivity contribution in [3.63, 3.8) is 0 Å². The Bertz CT molecular complexity index is 358. The summed E-state index contributed by atoms with van der Waals surface area (Å²) in [6, 6.07) is -0.152. The van der Waals surface area contributed by atoms with Crippen LogP contribution in [-0.4, -0.2) is 65.8 Å². The van der Waals surface area contributed by atoms with Crippen LogP contribution in [0.2, 0.25) is 0 Å². The Morgan fingerprint density at radius 1 is 1.29 bits per heavy atom. The van der Waals surface area contributed by atoms with Crippen LogP contribution in [0.3, 0.4) is 0 Å².